The van der Waals surface area contributed by atoms with Crippen molar-refractivity contribution >= 4 is 17.3 Å². The maximum Gasteiger partial charge on any atom is 0.287 e. The summed E-state index contributed by atoms with van der Waals surface area (Å²) in [4.78, 5) is 11.6. The van der Waals surface area contributed by atoms with Gasteiger partial charge in [0, 0.05) is 19.6 Å². The van der Waals surface area contributed by atoms with Gasteiger partial charge in [0.25, 0.3) is 5.56 Å². The highest BCUT2D eigenvalue weighted by molar-refractivity contribution is 6.32. The molecular weight excluding hydrogens is 264 g/mol. The highest BCUT2D eigenvalue weighted by atomic mass is 35.5. The van der Waals surface area contributed by atoms with Gasteiger partial charge in [0.15, 0.2) is 0 Å². The smallest absolute Gasteiger partial charge is 0.287 e. The van der Waals surface area contributed by atoms with E-state index in [2.05, 4.69) is 10.4 Å². The molecule has 0 aliphatic rings. The predicted molar refractivity (Wildman–Crippen MR) is 76.3 cm³/mol. The van der Waals surface area contributed by atoms with E-state index in [0.717, 1.165) is 5.56 Å². The minimum Gasteiger partial charge on any atom is -0.380 e. The van der Waals surface area contributed by atoms with Crippen molar-refractivity contribution in [1.82, 2.24) is 9.78 Å². The second-order valence-electron chi connectivity index (χ2n) is 4.20. The number of nitrogens with one attached hydrogen (secondary N) is 1. The molecule has 6 heteroatoms. The van der Waals surface area contributed by atoms with E-state index in [4.69, 9.17) is 17.3 Å². The van der Waals surface area contributed by atoms with Crippen LogP contribution < -0.4 is 16.6 Å². The number of anilines is 1. The first-order chi connectivity index (χ1) is 9.09. The second kappa shape index (κ2) is 5.86. The number of hydrogen-bond acceptors (Lipinski definition) is 4. The summed E-state index contributed by atoms with van der Waals surface area (Å²) in [5.74, 6) is 0. The molecule has 1 heterocycles. The Kier molecular flexibility index (Phi) is 4.19. The molecule has 1 atom stereocenters. The lowest BCUT2D eigenvalue weighted by molar-refractivity contribution is 0.705. The maximum absolute atomic E-state index is 11.6. The van der Waals surface area contributed by atoms with Crippen LogP contribution in [0.2, 0.25) is 5.02 Å². The number of nitrogens with zero attached hydrogens (tertiary/aromatic N) is 2. The van der Waals surface area contributed by atoms with Gasteiger partial charge in [-0.2, -0.15) is 5.10 Å². The average Bonchev–Trinajstić information content (AvgIpc) is 2.45. The summed E-state index contributed by atoms with van der Waals surface area (Å²) in [6.07, 6.45) is 1.52. The lowest BCUT2D eigenvalue weighted by atomic mass is 10.1. The lowest BCUT2D eigenvalue weighted by Crippen LogP contribution is -2.24. The first-order valence-electron chi connectivity index (χ1n) is 5.86. The number of rotatable bonds is 4. The Bertz CT molecular complexity index is 612. The van der Waals surface area contributed by atoms with Crippen LogP contribution >= 0.6 is 11.6 Å². The molecule has 5 nitrogen and oxygen atoms in total. The normalized spacial score (nSPS) is 12.2. The van der Waals surface area contributed by atoms with Crippen LogP contribution in [-0.4, -0.2) is 16.3 Å². The van der Waals surface area contributed by atoms with Crippen molar-refractivity contribution < 1.29 is 0 Å². The minimum absolute atomic E-state index is 0.123. The van der Waals surface area contributed by atoms with E-state index in [0.29, 0.717) is 12.2 Å². The van der Waals surface area contributed by atoms with E-state index < -0.39 is 0 Å². The zero-order valence-electron chi connectivity index (χ0n) is 10.5. The van der Waals surface area contributed by atoms with Gasteiger partial charge < -0.3 is 11.1 Å². The number of aromatic nitrogens is 2. The molecule has 0 spiro atoms. The summed E-state index contributed by atoms with van der Waals surface area (Å²) >= 11 is 5.95. The van der Waals surface area contributed by atoms with Gasteiger partial charge in [-0.05, 0) is 5.56 Å². The maximum atomic E-state index is 11.6. The molecule has 1 aromatic carbocycles. The van der Waals surface area contributed by atoms with Crippen molar-refractivity contribution in [1.29, 1.82) is 0 Å². The van der Waals surface area contributed by atoms with Crippen molar-refractivity contribution in [3.8, 4) is 0 Å². The molecule has 2 rings (SSSR count). The van der Waals surface area contributed by atoms with Gasteiger partial charge in [-0.1, -0.05) is 41.9 Å². The van der Waals surface area contributed by atoms with Crippen molar-refractivity contribution in [3.05, 3.63) is 57.5 Å². The van der Waals surface area contributed by atoms with E-state index in [1.807, 2.05) is 30.3 Å². The molecule has 1 unspecified atom stereocenters. The predicted octanol–water partition coefficient (Wildman–Crippen LogP) is 1.55. The molecule has 0 amide bonds. The molecule has 0 fully saturated rings. The van der Waals surface area contributed by atoms with Crippen LogP contribution in [-0.2, 0) is 7.05 Å². The molecule has 3 N–H and O–H groups in total. The van der Waals surface area contributed by atoms with Gasteiger partial charge >= 0.3 is 0 Å². The minimum atomic E-state index is -0.333. The molecule has 100 valence electrons. The molecule has 0 bridgehead atoms. The third kappa shape index (κ3) is 3.13. The fraction of sp³-hybridized carbons (Fsp3) is 0.231. The number of hydrogen-bond donors (Lipinski definition) is 2. The van der Waals surface area contributed by atoms with Crippen molar-refractivity contribution in [2.75, 3.05) is 11.9 Å². The molecule has 0 aliphatic heterocycles. The van der Waals surface area contributed by atoms with Gasteiger partial charge in [-0.25, -0.2) is 4.68 Å². The Hall–Kier alpha value is -1.85. The average molecular weight is 279 g/mol. The van der Waals surface area contributed by atoms with E-state index in [9.17, 15) is 4.79 Å². The van der Waals surface area contributed by atoms with Gasteiger partial charge in [-0.15, -0.1) is 0 Å². The van der Waals surface area contributed by atoms with Crippen LogP contribution in [0.15, 0.2) is 41.3 Å². The zero-order chi connectivity index (χ0) is 13.8. The Morgan fingerprint density at radius 3 is 2.79 bits per heavy atom. The summed E-state index contributed by atoms with van der Waals surface area (Å²) in [5.41, 5.74) is 7.23. The van der Waals surface area contributed by atoms with Crippen molar-refractivity contribution in [2.24, 2.45) is 12.8 Å². The van der Waals surface area contributed by atoms with Crippen LogP contribution in [0.25, 0.3) is 0 Å². The Balaban J connectivity index is 2.08. The summed E-state index contributed by atoms with van der Waals surface area (Å²) < 4.78 is 1.19. The first kappa shape index (κ1) is 13.6. The van der Waals surface area contributed by atoms with Gasteiger partial charge in [-0.3, -0.25) is 4.79 Å². The molecule has 0 saturated carbocycles. The first-order valence-corrected chi connectivity index (χ1v) is 6.23. The topological polar surface area (TPSA) is 72.9 Å². The largest absolute Gasteiger partial charge is 0.380 e. The quantitative estimate of drug-likeness (QED) is 0.890. The van der Waals surface area contributed by atoms with E-state index in [-0.39, 0.29) is 16.6 Å². The van der Waals surface area contributed by atoms with Gasteiger partial charge in [0.1, 0.15) is 5.02 Å². The third-order valence-electron chi connectivity index (χ3n) is 2.82. The number of aryl methyl sites for hydroxylation is 1. The molecule has 19 heavy (non-hydrogen) atoms. The second-order valence-corrected chi connectivity index (χ2v) is 4.58. The molecular formula is C13H15ClN4O. The van der Waals surface area contributed by atoms with Crippen molar-refractivity contribution in [2.45, 2.75) is 6.04 Å². The summed E-state index contributed by atoms with van der Waals surface area (Å²) in [5, 5.41) is 7.08. The summed E-state index contributed by atoms with van der Waals surface area (Å²) in [6.45, 7) is 0.471. The fourth-order valence-electron chi connectivity index (χ4n) is 1.67. The van der Waals surface area contributed by atoms with Crippen LogP contribution in [0, 0.1) is 0 Å². The molecule has 0 radical (unpaired) electrons. The third-order valence-corrected chi connectivity index (χ3v) is 3.18. The van der Waals surface area contributed by atoms with Gasteiger partial charge in [0.2, 0.25) is 0 Å². The molecule has 2 aromatic rings. The SMILES string of the molecule is Cn1ncc(NCC(N)c2ccccc2)c(Cl)c1=O. The van der Waals surface area contributed by atoms with Crippen LogP contribution in [0.3, 0.4) is 0 Å². The molecule has 0 aliphatic carbocycles. The van der Waals surface area contributed by atoms with E-state index >= 15 is 0 Å². The van der Waals surface area contributed by atoms with Crippen LogP contribution in [0.1, 0.15) is 11.6 Å². The zero-order valence-corrected chi connectivity index (χ0v) is 11.3. The van der Waals surface area contributed by atoms with E-state index in [1.54, 1.807) is 7.05 Å². The highest BCUT2D eigenvalue weighted by Gasteiger charge is 2.09. The van der Waals surface area contributed by atoms with Gasteiger partial charge in [0.05, 0.1) is 11.9 Å². The molecule has 1 aromatic heterocycles. The Morgan fingerprint density at radius 1 is 1.42 bits per heavy atom. The van der Waals surface area contributed by atoms with Crippen molar-refractivity contribution in [3.63, 3.8) is 0 Å². The highest BCUT2D eigenvalue weighted by Crippen LogP contribution is 2.17. The number of benzene rings is 1. The Morgan fingerprint density at radius 2 is 2.11 bits per heavy atom. The number of halogens is 1. The Labute approximate surface area is 116 Å². The van der Waals surface area contributed by atoms with Crippen LogP contribution in [0.4, 0.5) is 5.69 Å². The van der Waals surface area contributed by atoms with Crippen LogP contribution in [0.5, 0.6) is 0 Å². The standard InChI is InChI=1S/C13H15ClN4O/c1-18-13(19)12(14)11(8-17-18)16-7-10(15)9-5-3-2-4-6-9/h2-6,8,10,16H,7,15H2,1H3. The lowest BCUT2D eigenvalue weighted by Gasteiger charge is -2.14. The molecule has 0 saturated heterocycles. The summed E-state index contributed by atoms with van der Waals surface area (Å²) in [6, 6.07) is 9.53. The van der Waals surface area contributed by atoms with E-state index in [1.165, 1.54) is 10.9 Å². The number of nitrogens with two attached hydrogens (primary N) is 1. The fourth-order valence-corrected chi connectivity index (χ4v) is 1.91. The summed E-state index contributed by atoms with van der Waals surface area (Å²) in [7, 11) is 1.55. The monoisotopic (exact) mass is 278 g/mol.